The van der Waals surface area contributed by atoms with Crippen LogP contribution in [0.4, 0.5) is 10.5 Å². The lowest BCUT2D eigenvalue weighted by molar-refractivity contribution is -0.118. The van der Waals surface area contributed by atoms with Gasteiger partial charge in [-0.05, 0) is 55.5 Å². The van der Waals surface area contributed by atoms with Gasteiger partial charge in [-0.2, -0.15) is 0 Å². The Bertz CT molecular complexity index is 1360. The predicted molar refractivity (Wildman–Crippen MR) is 138 cm³/mol. The molecule has 3 aromatic rings. The van der Waals surface area contributed by atoms with E-state index in [0.29, 0.717) is 30.1 Å². The first-order valence-corrected chi connectivity index (χ1v) is 12.8. The maximum absolute atomic E-state index is 13.3. The summed E-state index contributed by atoms with van der Waals surface area (Å²) >= 11 is 6.16. The number of urea groups is 1. The predicted octanol–water partition coefficient (Wildman–Crippen LogP) is 3.93. The number of benzene rings is 2. The zero-order valence-corrected chi connectivity index (χ0v) is 20.6. The summed E-state index contributed by atoms with van der Waals surface area (Å²) in [5.74, 6) is -0.443. The van der Waals surface area contributed by atoms with Crippen molar-refractivity contribution in [1.82, 2.24) is 15.2 Å². The van der Waals surface area contributed by atoms with Crippen molar-refractivity contribution in [2.24, 2.45) is 5.73 Å². The summed E-state index contributed by atoms with van der Waals surface area (Å²) in [5.41, 5.74) is 8.60. The molecule has 36 heavy (non-hydrogen) atoms. The highest BCUT2D eigenvalue weighted by molar-refractivity contribution is 6.35. The summed E-state index contributed by atoms with van der Waals surface area (Å²) < 4.78 is 0. The Morgan fingerprint density at radius 1 is 1.17 bits per heavy atom. The number of piperidine rings is 1. The van der Waals surface area contributed by atoms with Crippen LogP contribution in [-0.4, -0.2) is 52.9 Å². The minimum Gasteiger partial charge on any atom is -0.370 e. The number of nitrogens with zero attached hydrogens (tertiary/aromatic N) is 2. The van der Waals surface area contributed by atoms with Gasteiger partial charge in [-0.3, -0.25) is 14.5 Å². The Labute approximate surface area is 213 Å². The first-order valence-electron chi connectivity index (χ1n) is 12.4. The van der Waals surface area contributed by atoms with E-state index in [0.717, 1.165) is 47.8 Å². The molecule has 1 aromatic heterocycles. The van der Waals surface area contributed by atoms with Gasteiger partial charge in [0.05, 0.1) is 23.7 Å². The lowest BCUT2D eigenvalue weighted by Gasteiger charge is -2.35. The van der Waals surface area contributed by atoms with E-state index in [1.165, 1.54) is 0 Å². The zero-order valence-electron chi connectivity index (χ0n) is 19.8. The molecule has 9 heteroatoms. The van der Waals surface area contributed by atoms with Gasteiger partial charge in [-0.1, -0.05) is 29.8 Å². The van der Waals surface area contributed by atoms with E-state index in [1.807, 2.05) is 35.2 Å². The number of aromatic amines is 1. The highest BCUT2D eigenvalue weighted by Gasteiger charge is 2.46. The molecule has 0 unspecified atom stereocenters. The maximum Gasteiger partial charge on any atom is 0.324 e. The van der Waals surface area contributed by atoms with Gasteiger partial charge in [0.25, 0.3) is 5.91 Å². The molecule has 1 saturated carbocycles. The fourth-order valence-corrected chi connectivity index (χ4v) is 6.07. The quantitative estimate of drug-likeness (QED) is 0.472. The molecule has 2 aromatic carbocycles. The highest BCUT2D eigenvalue weighted by Crippen LogP contribution is 2.51. The maximum atomic E-state index is 13.3. The number of H-pyrrole nitrogens is 1. The van der Waals surface area contributed by atoms with E-state index in [-0.39, 0.29) is 35.3 Å². The monoisotopic (exact) mass is 505 g/mol. The molecule has 4 N–H and O–H groups in total. The van der Waals surface area contributed by atoms with E-state index in [2.05, 4.69) is 10.3 Å². The van der Waals surface area contributed by atoms with Crippen LogP contribution < -0.4 is 16.0 Å². The van der Waals surface area contributed by atoms with Gasteiger partial charge in [0.1, 0.15) is 0 Å². The Morgan fingerprint density at radius 2 is 1.94 bits per heavy atom. The number of hydrogen-bond acceptors (Lipinski definition) is 3. The molecule has 3 fully saturated rings. The number of rotatable bonds is 6. The van der Waals surface area contributed by atoms with Crippen LogP contribution in [0.25, 0.3) is 10.9 Å². The third kappa shape index (κ3) is 3.89. The third-order valence-electron chi connectivity index (χ3n) is 7.99. The molecule has 3 aliphatic rings. The van der Waals surface area contributed by atoms with Gasteiger partial charge in [0.2, 0.25) is 5.91 Å². The SMILES string of the molecule is NC(=O)CC1(c2ccc(N3C[C@@H]4[C@H](NC(=O)c5ccc6c(Cl)c[nH]c6c5)CCCN4C3=O)cc2)CC1. The first kappa shape index (κ1) is 22.9. The molecule has 2 saturated heterocycles. The number of carbonyl (C=O) groups excluding carboxylic acids is 3. The van der Waals surface area contributed by atoms with E-state index in [4.69, 9.17) is 17.3 Å². The number of carbonyl (C=O) groups is 3. The van der Waals surface area contributed by atoms with Crippen LogP contribution >= 0.6 is 11.6 Å². The Balaban J connectivity index is 1.17. The van der Waals surface area contributed by atoms with Crippen molar-refractivity contribution < 1.29 is 14.4 Å². The minimum absolute atomic E-state index is 0.0348. The molecule has 1 aliphatic carbocycles. The standard InChI is InChI=1S/C27H28ClN5O3/c28-20-14-30-22-12-16(3-8-19(20)22)25(35)31-21-2-1-11-32-23(21)15-33(26(32)36)18-6-4-17(5-7-18)27(9-10-27)13-24(29)34/h3-8,12,14,21,23,30H,1-2,9-11,13,15H2,(H2,29,34)(H,31,35)/t21-,23-/m1/s1. The molecule has 4 amide bonds. The summed E-state index contributed by atoms with van der Waals surface area (Å²) in [5, 5.41) is 4.68. The van der Waals surface area contributed by atoms with Gasteiger partial charge in [-0.15, -0.1) is 0 Å². The summed E-state index contributed by atoms with van der Waals surface area (Å²) in [6.45, 7) is 1.19. The number of amides is 4. The second-order valence-corrected chi connectivity index (χ2v) is 10.7. The average molecular weight is 506 g/mol. The van der Waals surface area contributed by atoms with Crippen LogP contribution in [0.1, 0.15) is 48.0 Å². The molecule has 3 heterocycles. The lowest BCUT2D eigenvalue weighted by Crippen LogP contribution is -2.54. The van der Waals surface area contributed by atoms with Crippen LogP contribution in [0.3, 0.4) is 0 Å². The molecular weight excluding hydrogens is 478 g/mol. The molecule has 8 nitrogen and oxygen atoms in total. The number of hydrogen-bond donors (Lipinski definition) is 3. The summed E-state index contributed by atoms with van der Waals surface area (Å²) in [4.78, 5) is 44.6. The van der Waals surface area contributed by atoms with Crippen molar-refractivity contribution in [3.63, 3.8) is 0 Å². The van der Waals surface area contributed by atoms with Crippen LogP contribution in [0.2, 0.25) is 5.02 Å². The normalized spacial score (nSPS) is 22.5. The number of halogens is 1. The van der Waals surface area contributed by atoms with E-state index >= 15 is 0 Å². The van der Waals surface area contributed by atoms with Crippen molar-refractivity contribution in [3.05, 3.63) is 64.8 Å². The Hall–Kier alpha value is -3.52. The van der Waals surface area contributed by atoms with Gasteiger partial charge in [0.15, 0.2) is 0 Å². The van der Waals surface area contributed by atoms with Crippen molar-refractivity contribution in [1.29, 1.82) is 0 Å². The van der Waals surface area contributed by atoms with Crippen molar-refractivity contribution in [2.75, 3.05) is 18.0 Å². The topological polar surface area (TPSA) is 112 Å². The van der Waals surface area contributed by atoms with Crippen LogP contribution in [0, 0.1) is 0 Å². The second-order valence-electron chi connectivity index (χ2n) is 10.2. The molecule has 2 aliphatic heterocycles. The minimum atomic E-state index is -0.284. The Kier molecular flexibility index (Phi) is 5.44. The molecule has 0 bridgehead atoms. The number of aromatic nitrogens is 1. The number of primary amides is 1. The van der Waals surface area contributed by atoms with Crippen LogP contribution in [-0.2, 0) is 10.2 Å². The number of anilines is 1. The number of nitrogens with one attached hydrogen (secondary N) is 2. The third-order valence-corrected chi connectivity index (χ3v) is 8.31. The van der Waals surface area contributed by atoms with Gasteiger partial charge in [0, 0.05) is 46.7 Å². The van der Waals surface area contributed by atoms with Crippen molar-refractivity contribution >= 4 is 46.0 Å². The molecule has 0 spiro atoms. The van der Waals surface area contributed by atoms with Crippen LogP contribution in [0.15, 0.2) is 48.7 Å². The molecule has 2 atom stereocenters. The summed E-state index contributed by atoms with van der Waals surface area (Å²) in [6.07, 6.45) is 5.63. The summed E-state index contributed by atoms with van der Waals surface area (Å²) in [6, 6.07) is 13.1. The lowest BCUT2D eigenvalue weighted by atomic mass is 9.92. The number of nitrogens with two attached hydrogens (primary N) is 1. The van der Waals surface area contributed by atoms with E-state index in [1.54, 1.807) is 23.2 Å². The molecule has 6 rings (SSSR count). The van der Waals surface area contributed by atoms with Crippen molar-refractivity contribution in [3.8, 4) is 0 Å². The zero-order chi connectivity index (χ0) is 25.0. The average Bonchev–Trinajstić information content (AvgIpc) is 3.43. The molecule has 186 valence electrons. The molecular formula is C27H28ClN5O3. The van der Waals surface area contributed by atoms with Crippen molar-refractivity contribution in [2.45, 2.75) is 49.6 Å². The van der Waals surface area contributed by atoms with Gasteiger partial charge in [-0.25, -0.2) is 4.79 Å². The van der Waals surface area contributed by atoms with Gasteiger partial charge >= 0.3 is 6.03 Å². The second kappa shape index (κ2) is 8.55. The van der Waals surface area contributed by atoms with E-state index < -0.39 is 0 Å². The summed E-state index contributed by atoms with van der Waals surface area (Å²) in [7, 11) is 0. The van der Waals surface area contributed by atoms with Crippen LogP contribution in [0.5, 0.6) is 0 Å². The Morgan fingerprint density at radius 3 is 2.67 bits per heavy atom. The van der Waals surface area contributed by atoms with E-state index in [9.17, 15) is 14.4 Å². The fourth-order valence-electron chi connectivity index (χ4n) is 5.86. The molecule has 0 radical (unpaired) electrons. The van der Waals surface area contributed by atoms with Gasteiger partial charge < -0.3 is 20.9 Å². The fraction of sp³-hybridized carbons (Fsp3) is 0.370. The highest BCUT2D eigenvalue weighted by atomic mass is 35.5. The number of fused-ring (bicyclic) bond motifs is 2. The smallest absolute Gasteiger partial charge is 0.324 e. The largest absolute Gasteiger partial charge is 0.370 e. The first-order chi connectivity index (χ1) is 17.3.